The molecule has 3 N–H and O–H groups in total. The van der Waals surface area contributed by atoms with Crippen LogP contribution in [0, 0.1) is 5.82 Å². The predicted octanol–water partition coefficient (Wildman–Crippen LogP) is 3.82. The normalized spacial score (nSPS) is 11.4. The second-order valence-corrected chi connectivity index (χ2v) is 5.41. The van der Waals surface area contributed by atoms with Gasteiger partial charge in [-0.3, -0.25) is 0 Å². The number of nitrogens with two attached hydrogens (primary N) is 1. The third kappa shape index (κ3) is 3.66. The minimum atomic E-state index is -0.392. The van der Waals surface area contributed by atoms with E-state index < -0.39 is 5.82 Å². The van der Waals surface area contributed by atoms with Crippen LogP contribution in [0.1, 0.15) is 12.5 Å². The van der Waals surface area contributed by atoms with Crippen molar-refractivity contribution in [3.05, 3.63) is 53.8 Å². The van der Waals surface area contributed by atoms with Gasteiger partial charge in [0.25, 0.3) is 0 Å². The van der Waals surface area contributed by atoms with E-state index in [1.807, 2.05) is 13.0 Å². The summed E-state index contributed by atoms with van der Waals surface area (Å²) in [5, 5.41) is 12.0. The van der Waals surface area contributed by atoms with E-state index in [0.29, 0.717) is 17.1 Å². The summed E-state index contributed by atoms with van der Waals surface area (Å²) in [6.45, 7) is 2.00. The highest BCUT2D eigenvalue weighted by molar-refractivity contribution is 7.99. The Morgan fingerprint density at radius 3 is 2.76 bits per heavy atom. The van der Waals surface area contributed by atoms with Crippen molar-refractivity contribution in [3.8, 4) is 11.5 Å². The molecule has 0 aliphatic heterocycles. The van der Waals surface area contributed by atoms with Gasteiger partial charge >= 0.3 is 0 Å². The van der Waals surface area contributed by atoms with E-state index >= 15 is 0 Å². The monoisotopic (exact) mass is 306 g/mol. The van der Waals surface area contributed by atoms with Crippen molar-refractivity contribution < 1.29 is 14.3 Å². The number of thioether (sulfide) groups is 1. The number of ether oxygens (including phenoxy) is 1. The summed E-state index contributed by atoms with van der Waals surface area (Å²) in [6.07, 6.45) is 0. The topological polar surface area (TPSA) is 67.8 Å². The molecule has 0 saturated carbocycles. The highest BCUT2D eigenvalue weighted by Gasteiger charge is 2.15. The SMILES string of the molecule is CCSc1cccc(Oc2cccc(F)c2)c1/C(N)=N/O. The molecule has 2 rings (SSSR count). The van der Waals surface area contributed by atoms with Gasteiger partial charge in [-0.1, -0.05) is 24.2 Å². The van der Waals surface area contributed by atoms with Crippen LogP contribution in [-0.2, 0) is 0 Å². The standard InChI is InChI=1S/C15H15FN2O2S/c1-2-21-13-8-4-7-12(14(13)15(17)18-19)20-11-6-3-5-10(16)9-11/h3-9,19H,2H2,1H3,(H2,17,18). The van der Waals surface area contributed by atoms with Crippen molar-refractivity contribution >= 4 is 17.6 Å². The third-order valence-electron chi connectivity index (χ3n) is 2.68. The van der Waals surface area contributed by atoms with Gasteiger partial charge in [0.05, 0.1) is 5.56 Å². The zero-order chi connectivity index (χ0) is 15.2. The van der Waals surface area contributed by atoms with Gasteiger partial charge in [-0.15, -0.1) is 11.8 Å². The van der Waals surface area contributed by atoms with Crippen molar-refractivity contribution in [2.24, 2.45) is 10.9 Å². The van der Waals surface area contributed by atoms with E-state index in [1.165, 1.54) is 12.1 Å². The average Bonchev–Trinajstić information content (AvgIpc) is 2.47. The molecule has 0 saturated heterocycles. The van der Waals surface area contributed by atoms with E-state index in [9.17, 15) is 4.39 Å². The summed E-state index contributed by atoms with van der Waals surface area (Å²) in [6, 6.07) is 11.2. The van der Waals surface area contributed by atoms with Crippen LogP contribution >= 0.6 is 11.8 Å². The van der Waals surface area contributed by atoms with Gasteiger partial charge in [0, 0.05) is 11.0 Å². The maximum absolute atomic E-state index is 13.2. The largest absolute Gasteiger partial charge is 0.456 e. The summed E-state index contributed by atoms with van der Waals surface area (Å²) >= 11 is 1.55. The number of halogens is 1. The number of hydrogen-bond donors (Lipinski definition) is 2. The maximum atomic E-state index is 13.2. The van der Waals surface area contributed by atoms with Gasteiger partial charge in [-0.2, -0.15) is 0 Å². The Balaban J connectivity index is 2.45. The van der Waals surface area contributed by atoms with Crippen LogP contribution in [0.3, 0.4) is 0 Å². The third-order valence-corrected chi connectivity index (χ3v) is 3.62. The molecule has 21 heavy (non-hydrogen) atoms. The Bertz CT molecular complexity index is 662. The Hall–Kier alpha value is -2.21. The molecule has 0 fully saturated rings. The highest BCUT2D eigenvalue weighted by atomic mass is 32.2. The van der Waals surface area contributed by atoms with Crippen molar-refractivity contribution in [1.29, 1.82) is 0 Å². The number of rotatable bonds is 5. The van der Waals surface area contributed by atoms with E-state index in [2.05, 4.69) is 5.16 Å². The van der Waals surface area contributed by atoms with Crippen LogP contribution < -0.4 is 10.5 Å². The summed E-state index contributed by atoms with van der Waals surface area (Å²) in [7, 11) is 0. The molecule has 0 unspecified atom stereocenters. The zero-order valence-corrected chi connectivity index (χ0v) is 12.2. The lowest BCUT2D eigenvalue weighted by Gasteiger charge is -2.13. The smallest absolute Gasteiger partial charge is 0.175 e. The van der Waals surface area contributed by atoms with Crippen LogP contribution in [0.5, 0.6) is 11.5 Å². The number of benzene rings is 2. The van der Waals surface area contributed by atoms with Crippen molar-refractivity contribution in [1.82, 2.24) is 0 Å². The van der Waals surface area contributed by atoms with Gasteiger partial charge in [-0.25, -0.2) is 4.39 Å². The molecule has 4 nitrogen and oxygen atoms in total. The first-order chi connectivity index (χ1) is 10.2. The van der Waals surface area contributed by atoms with Crippen LogP contribution in [0.4, 0.5) is 4.39 Å². The van der Waals surface area contributed by atoms with Gasteiger partial charge in [0.1, 0.15) is 17.3 Å². The number of nitrogens with zero attached hydrogens (tertiary/aromatic N) is 1. The molecule has 0 heterocycles. The first kappa shape index (κ1) is 15.2. The van der Waals surface area contributed by atoms with Crippen molar-refractivity contribution in [3.63, 3.8) is 0 Å². The summed E-state index contributed by atoms with van der Waals surface area (Å²) in [4.78, 5) is 0.835. The van der Waals surface area contributed by atoms with Gasteiger partial charge in [0.15, 0.2) is 5.84 Å². The quantitative estimate of drug-likeness (QED) is 0.290. The Morgan fingerprint density at radius 2 is 2.10 bits per heavy atom. The van der Waals surface area contributed by atoms with Crippen molar-refractivity contribution in [2.45, 2.75) is 11.8 Å². The molecule has 2 aromatic carbocycles. The number of hydrogen-bond acceptors (Lipinski definition) is 4. The molecule has 0 radical (unpaired) electrons. The number of oxime groups is 1. The van der Waals surface area contributed by atoms with E-state index in [1.54, 1.807) is 36.0 Å². The lowest BCUT2D eigenvalue weighted by Crippen LogP contribution is -2.15. The van der Waals surface area contributed by atoms with Crippen LogP contribution in [0.25, 0.3) is 0 Å². The van der Waals surface area contributed by atoms with E-state index in [-0.39, 0.29) is 5.84 Å². The molecule has 0 atom stereocenters. The summed E-state index contributed by atoms with van der Waals surface area (Å²) in [5.74, 6) is 1.15. The minimum Gasteiger partial charge on any atom is -0.456 e. The van der Waals surface area contributed by atoms with Gasteiger partial charge < -0.3 is 15.7 Å². The lowest BCUT2D eigenvalue weighted by atomic mass is 10.2. The molecule has 0 aliphatic carbocycles. The molecule has 6 heteroatoms. The molecule has 0 aliphatic rings. The van der Waals surface area contributed by atoms with E-state index in [4.69, 9.17) is 15.7 Å². The molecule has 110 valence electrons. The fourth-order valence-corrected chi connectivity index (χ4v) is 2.67. The highest BCUT2D eigenvalue weighted by Crippen LogP contribution is 2.33. The minimum absolute atomic E-state index is 0.0436. The first-order valence-electron chi connectivity index (χ1n) is 6.32. The molecule has 0 bridgehead atoms. The van der Waals surface area contributed by atoms with Gasteiger partial charge in [0.2, 0.25) is 0 Å². The lowest BCUT2D eigenvalue weighted by molar-refractivity contribution is 0.318. The fraction of sp³-hybridized carbons (Fsp3) is 0.133. The van der Waals surface area contributed by atoms with Crippen molar-refractivity contribution in [2.75, 3.05) is 5.75 Å². The average molecular weight is 306 g/mol. The molecule has 2 aromatic rings. The molecular formula is C15H15FN2O2S. The maximum Gasteiger partial charge on any atom is 0.175 e. The van der Waals surface area contributed by atoms with E-state index in [0.717, 1.165) is 10.6 Å². The van der Waals surface area contributed by atoms with Crippen LogP contribution in [-0.4, -0.2) is 16.8 Å². The zero-order valence-electron chi connectivity index (χ0n) is 11.4. The second-order valence-electron chi connectivity index (χ2n) is 4.11. The Kier molecular flexibility index (Phi) is 5.05. The summed E-state index contributed by atoms with van der Waals surface area (Å²) in [5.41, 5.74) is 6.24. The summed E-state index contributed by atoms with van der Waals surface area (Å²) < 4.78 is 18.9. The van der Waals surface area contributed by atoms with Crippen LogP contribution in [0.2, 0.25) is 0 Å². The number of amidine groups is 1. The molecule has 0 amide bonds. The van der Waals surface area contributed by atoms with Gasteiger partial charge in [-0.05, 0) is 30.0 Å². The molecule has 0 spiro atoms. The fourth-order valence-electron chi connectivity index (χ4n) is 1.83. The van der Waals surface area contributed by atoms with Crippen LogP contribution in [0.15, 0.2) is 52.5 Å². The Labute approximate surface area is 126 Å². The second kappa shape index (κ2) is 6.99. The predicted molar refractivity (Wildman–Crippen MR) is 81.8 cm³/mol. The Morgan fingerprint density at radius 1 is 1.33 bits per heavy atom. The molecular weight excluding hydrogens is 291 g/mol. The first-order valence-corrected chi connectivity index (χ1v) is 7.31. The molecule has 0 aromatic heterocycles.